The maximum atomic E-state index is 5.62. The molecule has 0 spiro atoms. The highest BCUT2D eigenvalue weighted by Gasteiger charge is 2.20. The number of hydrogen-bond acceptors (Lipinski definition) is 2. The molecule has 0 aliphatic heterocycles. The van der Waals surface area contributed by atoms with Crippen molar-refractivity contribution in [2.75, 3.05) is 6.61 Å². The molecule has 0 radical (unpaired) electrons. The predicted octanol–water partition coefficient (Wildman–Crippen LogP) is 3.07. The van der Waals surface area contributed by atoms with E-state index in [0.717, 1.165) is 18.3 Å². The van der Waals surface area contributed by atoms with Gasteiger partial charge in [0, 0.05) is 23.7 Å². The molecule has 3 heteroatoms. The fourth-order valence-electron chi connectivity index (χ4n) is 1.51. The lowest BCUT2D eigenvalue weighted by atomic mass is 10.2. The van der Waals surface area contributed by atoms with Crippen molar-refractivity contribution >= 4 is 11.6 Å². The average molecular weight is 238 g/mol. The highest BCUT2D eigenvalue weighted by Crippen LogP contribution is 2.22. The van der Waals surface area contributed by atoms with Crippen LogP contribution in [0.15, 0.2) is 35.9 Å². The molecule has 16 heavy (non-hydrogen) atoms. The third-order valence-electron chi connectivity index (χ3n) is 2.56. The van der Waals surface area contributed by atoms with Crippen molar-refractivity contribution in [3.8, 4) is 5.75 Å². The number of nitrogens with one attached hydrogen (secondary N) is 1. The lowest BCUT2D eigenvalue weighted by molar-refractivity contribution is 0.357. The molecule has 2 nitrogen and oxygen atoms in total. The summed E-state index contributed by atoms with van der Waals surface area (Å²) in [5.41, 5.74) is 2.68. The predicted molar refractivity (Wildman–Crippen MR) is 66.8 cm³/mol. The minimum Gasteiger partial charge on any atom is -0.489 e. The molecule has 1 aliphatic carbocycles. The van der Waals surface area contributed by atoms with Crippen LogP contribution < -0.4 is 10.1 Å². The zero-order valence-electron chi connectivity index (χ0n) is 9.16. The first-order chi connectivity index (χ1) is 7.90. The van der Waals surface area contributed by atoms with E-state index in [1.165, 1.54) is 23.9 Å². The summed E-state index contributed by atoms with van der Waals surface area (Å²) in [6, 6.07) is 8.83. The van der Waals surface area contributed by atoms with Crippen LogP contribution in [0.25, 0.3) is 0 Å². The molecule has 0 unspecified atom stereocenters. The van der Waals surface area contributed by atoms with E-state index in [2.05, 4.69) is 11.4 Å². The SMILES string of the molecule is Cl/C=C/COc1ccccc1CNC1CC1. The van der Waals surface area contributed by atoms with Gasteiger partial charge in [-0.25, -0.2) is 0 Å². The maximum absolute atomic E-state index is 5.62. The third-order valence-corrected chi connectivity index (χ3v) is 2.73. The second-order valence-electron chi connectivity index (χ2n) is 3.94. The molecule has 0 amide bonds. The molecule has 0 atom stereocenters. The lowest BCUT2D eigenvalue weighted by Crippen LogP contribution is -2.16. The molecule has 2 rings (SSSR count). The van der Waals surface area contributed by atoms with Crippen LogP contribution in [0.2, 0.25) is 0 Å². The van der Waals surface area contributed by atoms with Gasteiger partial charge in [-0.2, -0.15) is 0 Å². The lowest BCUT2D eigenvalue weighted by Gasteiger charge is -2.10. The molecule has 1 aromatic rings. The summed E-state index contributed by atoms with van der Waals surface area (Å²) < 4.78 is 5.62. The Kier molecular flexibility index (Phi) is 4.25. The first kappa shape index (κ1) is 11.5. The highest BCUT2D eigenvalue weighted by atomic mass is 35.5. The average Bonchev–Trinajstić information content (AvgIpc) is 3.12. The van der Waals surface area contributed by atoms with Crippen molar-refractivity contribution < 1.29 is 4.74 Å². The van der Waals surface area contributed by atoms with Crippen LogP contribution in [-0.2, 0) is 6.54 Å². The summed E-state index contributed by atoms with van der Waals surface area (Å²) in [6.07, 6.45) is 4.39. The number of hydrogen-bond donors (Lipinski definition) is 1. The Balaban J connectivity index is 1.92. The van der Waals surface area contributed by atoms with Crippen molar-refractivity contribution in [2.24, 2.45) is 0 Å². The van der Waals surface area contributed by atoms with Crippen LogP contribution in [0.5, 0.6) is 5.75 Å². The van der Waals surface area contributed by atoms with E-state index in [0.29, 0.717) is 6.61 Å². The molecule has 1 fully saturated rings. The van der Waals surface area contributed by atoms with Gasteiger partial charge in [0.1, 0.15) is 12.4 Å². The van der Waals surface area contributed by atoms with E-state index in [9.17, 15) is 0 Å². The van der Waals surface area contributed by atoms with Gasteiger partial charge in [-0.1, -0.05) is 29.8 Å². The van der Waals surface area contributed by atoms with Crippen LogP contribution in [-0.4, -0.2) is 12.6 Å². The fraction of sp³-hybridized carbons (Fsp3) is 0.385. The molecule has 0 bridgehead atoms. The molecule has 1 N–H and O–H groups in total. The summed E-state index contributed by atoms with van der Waals surface area (Å²) in [5, 5.41) is 3.48. The van der Waals surface area contributed by atoms with Crippen LogP contribution in [0, 0.1) is 0 Å². The van der Waals surface area contributed by atoms with Gasteiger partial charge < -0.3 is 10.1 Å². The monoisotopic (exact) mass is 237 g/mol. The topological polar surface area (TPSA) is 21.3 Å². The van der Waals surface area contributed by atoms with Gasteiger partial charge in [-0.15, -0.1) is 0 Å². The van der Waals surface area contributed by atoms with E-state index in [1.807, 2.05) is 18.2 Å². The Morgan fingerprint density at radius 1 is 1.38 bits per heavy atom. The Labute approximate surface area is 101 Å². The Morgan fingerprint density at radius 2 is 2.19 bits per heavy atom. The van der Waals surface area contributed by atoms with E-state index in [1.54, 1.807) is 6.08 Å². The number of para-hydroxylation sites is 1. The quantitative estimate of drug-likeness (QED) is 0.821. The number of ether oxygens (including phenoxy) is 1. The Hall–Kier alpha value is -0.990. The number of benzene rings is 1. The normalized spacial score (nSPS) is 15.6. The van der Waals surface area contributed by atoms with E-state index in [4.69, 9.17) is 16.3 Å². The summed E-state index contributed by atoms with van der Waals surface area (Å²) in [4.78, 5) is 0. The third kappa shape index (κ3) is 3.54. The molecule has 0 heterocycles. The highest BCUT2D eigenvalue weighted by molar-refractivity contribution is 6.25. The first-order valence-corrected chi connectivity index (χ1v) is 6.03. The minimum absolute atomic E-state index is 0.518. The summed E-state index contributed by atoms with van der Waals surface area (Å²) in [5.74, 6) is 0.936. The van der Waals surface area contributed by atoms with Crippen molar-refractivity contribution in [3.63, 3.8) is 0 Å². The number of rotatable bonds is 6. The Bertz CT molecular complexity index is 361. The molecule has 1 aliphatic rings. The summed E-state index contributed by atoms with van der Waals surface area (Å²) in [6.45, 7) is 1.40. The van der Waals surface area contributed by atoms with Crippen molar-refractivity contribution in [2.45, 2.75) is 25.4 Å². The second-order valence-corrected chi connectivity index (χ2v) is 4.19. The van der Waals surface area contributed by atoms with Gasteiger partial charge in [0.25, 0.3) is 0 Å². The molecular formula is C13H16ClNO. The maximum Gasteiger partial charge on any atom is 0.124 e. The van der Waals surface area contributed by atoms with Gasteiger partial charge in [0.05, 0.1) is 0 Å². The van der Waals surface area contributed by atoms with Crippen molar-refractivity contribution in [1.29, 1.82) is 0 Å². The zero-order valence-corrected chi connectivity index (χ0v) is 9.91. The van der Waals surface area contributed by atoms with E-state index < -0.39 is 0 Å². The van der Waals surface area contributed by atoms with Crippen molar-refractivity contribution in [3.05, 3.63) is 41.4 Å². The second kappa shape index (κ2) is 5.92. The molecular weight excluding hydrogens is 222 g/mol. The van der Waals surface area contributed by atoms with Gasteiger partial charge in [-0.3, -0.25) is 0 Å². The van der Waals surface area contributed by atoms with Gasteiger partial charge >= 0.3 is 0 Å². The Morgan fingerprint density at radius 3 is 2.94 bits per heavy atom. The summed E-state index contributed by atoms with van der Waals surface area (Å²) >= 11 is 5.45. The van der Waals surface area contributed by atoms with Crippen LogP contribution in [0.3, 0.4) is 0 Å². The molecule has 0 saturated heterocycles. The minimum atomic E-state index is 0.518. The molecule has 0 aromatic heterocycles. The van der Waals surface area contributed by atoms with E-state index in [-0.39, 0.29) is 0 Å². The largest absolute Gasteiger partial charge is 0.489 e. The zero-order chi connectivity index (χ0) is 11.2. The number of halogens is 1. The molecule has 86 valence electrons. The smallest absolute Gasteiger partial charge is 0.124 e. The summed E-state index contributed by atoms with van der Waals surface area (Å²) in [7, 11) is 0. The van der Waals surface area contributed by atoms with Crippen LogP contribution >= 0.6 is 11.6 Å². The van der Waals surface area contributed by atoms with Gasteiger partial charge in [0.2, 0.25) is 0 Å². The van der Waals surface area contributed by atoms with Gasteiger partial charge in [0.15, 0.2) is 0 Å². The fourth-order valence-corrected chi connectivity index (χ4v) is 1.58. The van der Waals surface area contributed by atoms with Crippen LogP contribution in [0.4, 0.5) is 0 Å². The van der Waals surface area contributed by atoms with Crippen LogP contribution in [0.1, 0.15) is 18.4 Å². The standard InChI is InChI=1S/C13H16ClNO/c14-8-3-9-16-13-5-2-1-4-11(13)10-15-12-6-7-12/h1-5,8,12,15H,6-7,9-10H2/b8-3+. The van der Waals surface area contributed by atoms with Gasteiger partial charge in [-0.05, 0) is 25.0 Å². The van der Waals surface area contributed by atoms with Crippen molar-refractivity contribution in [1.82, 2.24) is 5.32 Å². The molecule has 1 aromatic carbocycles. The first-order valence-electron chi connectivity index (χ1n) is 5.59. The molecule has 1 saturated carbocycles. The van der Waals surface area contributed by atoms with E-state index >= 15 is 0 Å².